The van der Waals surface area contributed by atoms with Gasteiger partial charge in [-0.25, -0.2) is 0 Å². The number of guanidine groups is 1. The van der Waals surface area contributed by atoms with Gasteiger partial charge in [0, 0.05) is 26.2 Å². The normalized spacial score (nSPS) is 13.6. The van der Waals surface area contributed by atoms with Gasteiger partial charge < -0.3 is 20.7 Å². The number of ether oxygens (including phenoxy) is 1. The van der Waals surface area contributed by atoms with E-state index in [1.54, 1.807) is 7.05 Å². The zero-order chi connectivity index (χ0) is 22.1. The summed E-state index contributed by atoms with van der Waals surface area (Å²) in [6.45, 7) is 5.96. The second-order valence-corrected chi connectivity index (χ2v) is 8.20. The number of benzene rings is 2. The van der Waals surface area contributed by atoms with Gasteiger partial charge in [0.25, 0.3) is 5.91 Å². The van der Waals surface area contributed by atoms with Crippen molar-refractivity contribution in [3.05, 3.63) is 64.7 Å². The van der Waals surface area contributed by atoms with Gasteiger partial charge in [0.15, 0.2) is 12.6 Å². The molecule has 31 heavy (non-hydrogen) atoms. The van der Waals surface area contributed by atoms with Crippen molar-refractivity contribution in [2.75, 3.05) is 26.7 Å². The fourth-order valence-corrected chi connectivity index (χ4v) is 3.48. The van der Waals surface area contributed by atoms with Crippen molar-refractivity contribution in [1.29, 1.82) is 0 Å². The van der Waals surface area contributed by atoms with E-state index in [1.165, 1.54) is 22.3 Å². The number of hydrogen-bond acceptors (Lipinski definition) is 3. The van der Waals surface area contributed by atoms with E-state index >= 15 is 0 Å². The van der Waals surface area contributed by atoms with Gasteiger partial charge in [0.2, 0.25) is 0 Å². The lowest BCUT2D eigenvalue weighted by atomic mass is 10.1. The molecule has 0 radical (unpaired) electrons. The molecular weight excluding hydrogens is 388 g/mol. The molecule has 0 aromatic heterocycles. The first kappa shape index (κ1) is 22.7. The maximum absolute atomic E-state index is 11.7. The third-order valence-electron chi connectivity index (χ3n) is 5.15. The Bertz CT molecular complexity index is 869. The van der Waals surface area contributed by atoms with Gasteiger partial charge in [-0.05, 0) is 62.8 Å². The molecule has 0 heterocycles. The molecule has 0 atom stereocenters. The molecule has 3 N–H and O–H groups in total. The minimum atomic E-state index is -0.0489. The molecule has 2 aromatic rings. The number of hydrogen-bond donors (Lipinski definition) is 3. The van der Waals surface area contributed by atoms with Crippen LogP contribution in [-0.4, -0.2) is 44.7 Å². The first-order chi connectivity index (χ1) is 15.0. The Morgan fingerprint density at radius 3 is 2.16 bits per heavy atom. The van der Waals surface area contributed by atoms with Crippen LogP contribution in [0, 0.1) is 13.8 Å². The highest BCUT2D eigenvalue weighted by atomic mass is 16.5. The van der Waals surface area contributed by atoms with E-state index in [0.29, 0.717) is 11.8 Å². The molecule has 1 aliphatic carbocycles. The van der Waals surface area contributed by atoms with E-state index < -0.39 is 0 Å². The number of nitrogens with zero attached hydrogens (tertiary/aromatic N) is 1. The summed E-state index contributed by atoms with van der Waals surface area (Å²) in [6, 6.07) is 14.9. The number of aryl methyl sites for hydroxylation is 2. The molecule has 166 valence electrons. The number of amides is 1. The zero-order valence-electron chi connectivity index (χ0n) is 18.8. The lowest BCUT2D eigenvalue weighted by Gasteiger charge is -2.13. The Kier molecular flexibility index (Phi) is 8.33. The van der Waals surface area contributed by atoms with E-state index in [0.717, 1.165) is 44.7 Å². The van der Waals surface area contributed by atoms with Crippen LogP contribution >= 0.6 is 0 Å². The van der Waals surface area contributed by atoms with Crippen molar-refractivity contribution in [2.24, 2.45) is 4.99 Å². The van der Waals surface area contributed by atoms with Crippen LogP contribution in [0.15, 0.2) is 47.5 Å². The zero-order valence-corrected chi connectivity index (χ0v) is 18.8. The summed E-state index contributed by atoms with van der Waals surface area (Å²) in [5, 5.41) is 9.66. The largest absolute Gasteiger partial charge is 0.484 e. The van der Waals surface area contributed by atoms with Crippen LogP contribution in [0.1, 0.15) is 35.1 Å². The Morgan fingerprint density at radius 1 is 0.968 bits per heavy atom. The molecule has 6 nitrogen and oxygen atoms in total. The van der Waals surface area contributed by atoms with Crippen LogP contribution in [0.3, 0.4) is 0 Å². The van der Waals surface area contributed by atoms with E-state index in [2.05, 4.69) is 53.0 Å². The minimum absolute atomic E-state index is 0.0489. The Morgan fingerprint density at radius 2 is 1.58 bits per heavy atom. The van der Waals surface area contributed by atoms with E-state index in [1.807, 2.05) is 24.3 Å². The summed E-state index contributed by atoms with van der Waals surface area (Å²) in [6.07, 6.45) is 4.01. The smallest absolute Gasteiger partial charge is 0.258 e. The van der Waals surface area contributed by atoms with E-state index in [4.69, 9.17) is 4.74 Å². The molecule has 6 heteroatoms. The van der Waals surface area contributed by atoms with Gasteiger partial charge >= 0.3 is 0 Å². The summed E-state index contributed by atoms with van der Waals surface area (Å²) < 4.78 is 5.55. The molecule has 1 aliphatic rings. The summed E-state index contributed by atoms with van der Waals surface area (Å²) >= 11 is 0. The molecule has 3 rings (SSSR count). The second-order valence-electron chi connectivity index (χ2n) is 8.20. The molecule has 1 saturated carbocycles. The lowest BCUT2D eigenvalue weighted by Crippen LogP contribution is -2.39. The Labute approximate surface area is 185 Å². The molecule has 0 spiro atoms. The quantitative estimate of drug-likeness (QED) is 0.407. The topological polar surface area (TPSA) is 74.8 Å². The van der Waals surface area contributed by atoms with E-state index in [-0.39, 0.29) is 12.5 Å². The van der Waals surface area contributed by atoms with Crippen LogP contribution < -0.4 is 20.7 Å². The highest BCUT2D eigenvalue weighted by Gasteiger charge is 2.23. The van der Waals surface area contributed by atoms with Crippen molar-refractivity contribution >= 4 is 11.9 Å². The van der Waals surface area contributed by atoms with Gasteiger partial charge in [0.1, 0.15) is 5.75 Å². The van der Waals surface area contributed by atoms with Crippen LogP contribution in [-0.2, 0) is 17.6 Å². The third-order valence-corrected chi connectivity index (χ3v) is 5.15. The summed E-state index contributed by atoms with van der Waals surface area (Å²) in [5.74, 6) is 1.48. The Hall–Kier alpha value is -3.02. The number of carbonyl (C=O) groups is 1. The first-order valence-electron chi connectivity index (χ1n) is 11.0. The van der Waals surface area contributed by atoms with Gasteiger partial charge in [-0.2, -0.15) is 0 Å². The van der Waals surface area contributed by atoms with Gasteiger partial charge in [0.05, 0.1) is 0 Å². The molecular formula is C25H34N4O2. The number of nitrogens with one attached hydrogen (secondary N) is 3. The van der Waals surface area contributed by atoms with Gasteiger partial charge in [-0.1, -0.05) is 41.5 Å². The van der Waals surface area contributed by atoms with Crippen LogP contribution in [0.2, 0.25) is 0 Å². The van der Waals surface area contributed by atoms with Gasteiger partial charge in [-0.3, -0.25) is 9.79 Å². The fraction of sp³-hybridized carbons (Fsp3) is 0.440. The molecule has 0 saturated heterocycles. The summed E-state index contributed by atoms with van der Waals surface area (Å²) in [4.78, 5) is 16.0. The van der Waals surface area contributed by atoms with Crippen molar-refractivity contribution in [1.82, 2.24) is 16.0 Å². The number of aliphatic imine (C=N–C) groups is 1. The van der Waals surface area contributed by atoms with Crippen LogP contribution in [0.25, 0.3) is 0 Å². The molecule has 0 aliphatic heterocycles. The monoisotopic (exact) mass is 422 g/mol. The SMILES string of the molecule is CN=C(NCCc1ccc(OCC(=O)NC2CC2)cc1)NCCc1cc(C)cc(C)c1. The predicted octanol–water partition coefficient (Wildman–Crippen LogP) is 2.91. The minimum Gasteiger partial charge on any atom is -0.484 e. The molecule has 0 unspecified atom stereocenters. The van der Waals surface area contributed by atoms with Crippen LogP contribution in [0.4, 0.5) is 0 Å². The molecule has 1 amide bonds. The summed E-state index contributed by atoms with van der Waals surface area (Å²) in [5.41, 5.74) is 5.15. The fourth-order valence-electron chi connectivity index (χ4n) is 3.48. The molecule has 2 aromatic carbocycles. The van der Waals surface area contributed by atoms with Crippen molar-refractivity contribution in [2.45, 2.75) is 45.6 Å². The predicted molar refractivity (Wildman–Crippen MR) is 126 cm³/mol. The lowest BCUT2D eigenvalue weighted by molar-refractivity contribution is -0.123. The third kappa shape index (κ3) is 8.32. The maximum atomic E-state index is 11.7. The maximum Gasteiger partial charge on any atom is 0.258 e. The van der Waals surface area contributed by atoms with Crippen molar-refractivity contribution in [3.8, 4) is 5.75 Å². The van der Waals surface area contributed by atoms with Crippen LogP contribution in [0.5, 0.6) is 5.75 Å². The number of carbonyl (C=O) groups excluding carboxylic acids is 1. The average Bonchev–Trinajstić information content (AvgIpc) is 3.55. The van der Waals surface area contributed by atoms with Crippen molar-refractivity contribution < 1.29 is 9.53 Å². The standard InChI is InChI=1S/C25H34N4O2/c1-18-14-19(2)16-21(15-18)11-13-28-25(26-3)27-12-10-20-4-8-23(9-5-20)31-17-24(30)29-22-6-7-22/h4-5,8-9,14-16,22H,6-7,10-13,17H2,1-3H3,(H,29,30)(H2,26,27,28). The Balaban J connectivity index is 1.33. The molecule has 1 fully saturated rings. The second kappa shape index (κ2) is 11.4. The van der Waals surface area contributed by atoms with E-state index in [9.17, 15) is 4.79 Å². The summed E-state index contributed by atoms with van der Waals surface area (Å²) in [7, 11) is 1.79. The highest BCUT2D eigenvalue weighted by Crippen LogP contribution is 2.18. The van der Waals surface area contributed by atoms with Crippen molar-refractivity contribution in [3.63, 3.8) is 0 Å². The first-order valence-corrected chi connectivity index (χ1v) is 11.0. The molecule has 0 bridgehead atoms. The van der Waals surface area contributed by atoms with Gasteiger partial charge in [-0.15, -0.1) is 0 Å². The number of rotatable bonds is 10. The highest BCUT2D eigenvalue weighted by molar-refractivity contribution is 5.79. The average molecular weight is 423 g/mol.